The molecule has 1 N–H and O–H groups in total. The van der Waals surface area contributed by atoms with Crippen LogP contribution in [0.4, 0.5) is 5.82 Å². The van der Waals surface area contributed by atoms with Crippen molar-refractivity contribution in [2.75, 3.05) is 5.32 Å². The molecular weight excluding hydrogens is 286 g/mol. The van der Waals surface area contributed by atoms with Crippen molar-refractivity contribution in [2.45, 2.75) is 44.2 Å². The number of para-hydroxylation sites is 2. The molecule has 5 rings (SSSR count). The average Bonchev–Trinajstić information content (AvgIpc) is 3.49. The van der Waals surface area contributed by atoms with Crippen molar-refractivity contribution in [1.29, 1.82) is 0 Å². The first-order valence-corrected chi connectivity index (χ1v) is 8.41. The Morgan fingerprint density at radius 1 is 1.04 bits per heavy atom. The molecule has 23 heavy (non-hydrogen) atoms. The van der Waals surface area contributed by atoms with Gasteiger partial charge in [0.25, 0.3) is 0 Å². The van der Waals surface area contributed by atoms with Gasteiger partial charge in [0.2, 0.25) is 0 Å². The van der Waals surface area contributed by atoms with Crippen molar-refractivity contribution in [1.82, 2.24) is 19.5 Å². The Morgan fingerprint density at radius 3 is 2.74 bits per heavy atom. The number of hydrogen-bond acceptors (Lipinski definition) is 4. The molecule has 0 amide bonds. The molecule has 0 atom stereocenters. The van der Waals surface area contributed by atoms with Crippen LogP contribution in [0.2, 0.25) is 0 Å². The summed E-state index contributed by atoms with van der Waals surface area (Å²) >= 11 is 0. The largest absolute Gasteiger partial charge is 0.363 e. The van der Waals surface area contributed by atoms with Crippen molar-refractivity contribution in [3.8, 4) is 0 Å². The van der Waals surface area contributed by atoms with Gasteiger partial charge in [0.05, 0.1) is 17.6 Å². The van der Waals surface area contributed by atoms with E-state index in [1.54, 1.807) is 0 Å². The molecule has 2 saturated carbocycles. The van der Waals surface area contributed by atoms with Crippen LogP contribution in [0.15, 0.2) is 36.5 Å². The molecule has 2 heterocycles. The van der Waals surface area contributed by atoms with Crippen molar-refractivity contribution < 1.29 is 0 Å². The monoisotopic (exact) mass is 305 g/mol. The third kappa shape index (κ3) is 2.46. The lowest BCUT2D eigenvalue weighted by molar-refractivity contribution is 0.710. The lowest BCUT2D eigenvalue weighted by Gasteiger charge is -2.09. The van der Waals surface area contributed by atoms with E-state index in [0.717, 1.165) is 23.0 Å². The van der Waals surface area contributed by atoms with Gasteiger partial charge in [-0.3, -0.25) is 0 Å². The first-order chi connectivity index (χ1) is 11.4. The zero-order chi connectivity index (χ0) is 15.2. The van der Waals surface area contributed by atoms with E-state index < -0.39 is 0 Å². The number of imidazole rings is 1. The molecule has 0 bridgehead atoms. The normalized spacial score (nSPS) is 17.6. The fraction of sp³-hybridized carbons (Fsp3) is 0.389. The van der Waals surface area contributed by atoms with E-state index in [9.17, 15) is 0 Å². The number of hydrogen-bond donors (Lipinski definition) is 1. The summed E-state index contributed by atoms with van der Waals surface area (Å²) in [5.74, 6) is 3.55. The maximum atomic E-state index is 4.82. The number of benzene rings is 1. The van der Waals surface area contributed by atoms with Crippen molar-refractivity contribution in [2.24, 2.45) is 0 Å². The van der Waals surface area contributed by atoms with E-state index in [1.807, 2.05) is 12.3 Å². The highest BCUT2D eigenvalue weighted by atomic mass is 15.2. The summed E-state index contributed by atoms with van der Waals surface area (Å²) in [5, 5.41) is 3.43. The van der Waals surface area contributed by atoms with Gasteiger partial charge in [0.15, 0.2) is 0 Å². The van der Waals surface area contributed by atoms with Crippen molar-refractivity contribution >= 4 is 16.9 Å². The Morgan fingerprint density at radius 2 is 1.91 bits per heavy atom. The Labute approximate surface area is 134 Å². The standard InChI is InChI=1S/C18H19N5/c1-2-4-15-14(3-1)21-17(23(15)13-7-8-13)11-20-16-9-10-19-18(22-16)12-5-6-12/h1-4,9-10,12-13H,5-8,11H2,(H,19,20,22). The summed E-state index contributed by atoms with van der Waals surface area (Å²) < 4.78 is 2.39. The fourth-order valence-electron chi connectivity index (χ4n) is 3.14. The molecule has 0 spiro atoms. The van der Waals surface area contributed by atoms with E-state index in [0.29, 0.717) is 18.5 Å². The van der Waals surface area contributed by atoms with Crippen LogP contribution in [0, 0.1) is 0 Å². The molecule has 5 nitrogen and oxygen atoms in total. The average molecular weight is 305 g/mol. The third-order valence-electron chi connectivity index (χ3n) is 4.63. The predicted molar refractivity (Wildman–Crippen MR) is 89.3 cm³/mol. The molecule has 0 radical (unpaired) electrons. The minimum atomic E-state index is 0.577. The van der Waals surface area contributed by atoms with Gasteiger partial charge in [-0.15, -0.1) is 0 Å². The number of fused-ring (bicyclic) bond motifs is 1. The van der Waals surface area contributed by atoms with Crippen LogP contribution in [0.5, 0.6) is 0 Å². The SMILES string of the molecule is c1ccc2c(c1)nc(CNc1ccnc(C3CC3)n1)n2C1CC1. The van der Waals surface area contributed by atoms with Gasteiger partial charge >= 0.3 is 0 Å². The van der Waals surface area contributed by atoms with Crippen LogP contribution in [0.3, 0.4) is 0 Å². The predicted octanol–water partition coefficient (Wildman–Crippen LogP) is 3.65. The second-order valence-corrected chi connectivity index (χ2v) is 6.55. The second-order valence-electron chi connectivity index (χ2n) is 6.55. The summed E-state index contributed by atoms with van der Waals surface area (Å²) in [6.07, 6.45) is 6.81. The second kappa shape index (κ2) is 5.05. The molecule has 0 saturated heterocycles. The maximum absolute atomic E-state index is 4.82. The lowest BCUT2D eigenvalue weighted by atomic mass is 10.3. The molecule has 2 fully saturated rings. The smallest absolute Gasteiger partial charge is 0.133 e. The van der Waals surface area contributed by atoms with Gasteiger partial charge in [-0.1, -0.05) is 12.1 Å². The molecule has 2 aromatic heterocycles. The first-order valence-electron chi connectivity index (χ1n) is 8.41. The third-order valence-corrected chi connectivity index (χ3v) is 4.63. The molecule has 2 aliphatic carbocycles. The fourth-order valence-corrected chi connectivity index (χ4v) is 3.14. The maximum Gasteiger partial charge on any atom is 0.133 e. The zero-order valence-electron chi connectivity index (χ0n) is 12.9. The first kappa shape index (κ1) is 13.0. The van der Waals surface area contributed by atoms with Crippen LogP contribution in [0.1, 0.15) is 49.3 Å². The Hall–Kier alpha value is -2.43. The van der Waals surface area contributed by atoms with Gasteiger partial charge in [-0.25, -0.2) is 15.0 Å². The van der Waals surface area contributed by atoms with Gasteiger partial charge in [0.1, 0.15) is 17.5 Å². The van der Waals surface area contributed by atoms with Gasteiger partial charge in [-0.05, 0) is 43.9 Å². The molecule has 0 unspecified atom stereocenters. The minimum absolute atomic E-state index is 0.577. The van der Waals surface area contributed by atoms with Crippen LogP contribution < -0.4 is 5.32 Å². The Balaban J connectivity index is 1.43. The Kier molecular flexibility index (Phi) is 2.86. The van der Waals surface area contributed by atoms with Crippen molar-refractivity contribution in [3.63, 3.8) is 0 Å². The number of aromatic nitrogens is 4. The number of nitrogens with one attached hydrogen (secondary N) is 1. The minimum Gasteiger partial charge on any atom is -0.363 e. The number of rotatable bonds is 5. The highest BCUT2D eigenvalue weighted by Crippen LogP contribution is 2.39. The highest BCUT2D eigenvalue weighted by Gasteiger charge is 2.28. The molecule has 1 aromatic carbocycles. The van der Waals surface area contributed by atoms with E-state index >= 15 is 0 Å². The van der Waals surface area contributed by atoms with Gasteiger partial charge < -0.3 is 9.88 Å². The van der Waals surface area contributed by atoms with Crippen LogP contribution in [-0.4, -0.2) is 19.5 Å². The van der Waals surface area contributed by atoms with Crippen molar-refractivity contribution in [3.05, 3.63) is 48.2 Å². The molecule has 116 valence electrons. The molecule has 3 aromatic rings. The summed E-state index contributed by atoms with van der Waals surface area (Å²) in [5.41, 5.74) is 2.32. The van der Waals surface area contributed by atoms with Crippen LogP contribution in [-0.2, 0) is 6.54 Å². The van der Waals surface area contributed by atoms with E-state index in [4.69, 9.17) is 4.98 Å². The summed E-state index contributed by atoms with van der Waals surface area (Å²) in [6.45, 7) is 0.701. The van der Waals surface area contributed by atoms with E-state index in [2.05, 4.69) is 44.1 Å². The summed E-state index contributed by atoms with van der Waals surface area (Å²) in [6, 6.07) is 11.0. The summed E-state index contributed by atoms with van der Waals surface area (Å²) in [4.78, 5) is 13.8. The molecular formula is C18H19N5. The van der Waals surface area contributed by atoms with Crippen LogP contribution >= 0.6 is 0 Å². The molecule has 5 heteroatoms. The molecule has 2 aliphatic rings. The number of anilines is 1. The lowest BCUT2D eigenvalue weighted by Crippen LogP contribution is -2.09. The van der Waals surface area contributed by atoms with Gasteiger partial charge in [0, 0.05) is 18.2 Å². The highest BCUT2D eigenvalue weighted by molar-refractivity contribution is 5.76. The Bertz CT molecular complexity index is 861. The molecule has 0 aliphatic heterocycles. The van der Waals surface area contributed by atoms with E-state index in [-0.39, 0.29) is 0 Å². The zero-order valence-corrected chi connectivity index (χ0v) is 12.9. The van der Waals surface area contributed by atoms with Gasteiger partial charge in [-0.2, -0.15) is 0 Å². The quantitative estimate of drug-likeness (QED) is 0.781. The number of nitrogens with zero attached hydrogens (tertiary/aromatic N) is 4. The van der Waals surface area contributed by atoms with E-state index in [1.165, 1.54) is 31.2 Å². The topological polar surface area (TPSA) is 55.6 Å². The summed E-state index contributed by atoms with van der Waals surface area (Å²) in [7, 11) is 0. The van der Waals surface area contributed by atoms with Crippen LogP contribution in [0.25, 0.3) is 11.0 Å².